The van der Waals surface area contributed by atoms with Crippen LogP contribution < -0.4 is 0 Å². The van der Waals surface area contributed by atoms with Gasteiger partial charge in [-0.2, -0.15) is 0 Å². The minimum Gasteiger partial charge on any atom is -0.296 e. The minimum absolute atomic E-state index is 0.645. The van der Waals surface area contributed by atoms with Crippen LogP contribution in [0.5, 0.6) is 0 Å². The van der Waals surface area contributed by atoms with Crippen molar-refractivity contribution in [3.05, 3.63) is 35.9 Å². The van der Waals surface area contributed by atoms with Crippen LogP contribution in [0, 0.1) is 5.92 Å². The molecule has 2 unspecified atom stereocenters. The topological polar surface area (TPSA) is 3.24 Å². The van der Waals surface area contributed by atoms with E-state index in [1.54, 1.807) is 0 Å². The molecule has 1 fully saturated rings. The van der Waals surface area contributed by atoms with E-state index in [4.69, 9.17) is 0 Å². The van der Waals surface area contributed by atoms with Crippen molar-refractivity contribution in [2.75, 3.05) is 13.1 Å². The molecule has 1 aliphatic heterocycles. The van der Waals surface area contributed by atoms with Crippen LogP contribution in [-0.2, 0) is 0 Å². The predicted octanol–water partition coefficient (Wildman–Crippen LogP) is 5.04. The molecule has 0 aromatic heterocycles. The third kappa shape index (κ3) is 3.82. The highest BCUT2D eigenvalue weighted by Crippen LogP contribution is 2.35. The zero-order valence-corrected chi connectivity index (χ0v) is 12.6. The highest BCUT2D eigenvalue weighted by atomic mass is 15.2. The Morgan fingerprint density at radius 2 is 1.68 bits per heavy atom. The maximum atomic E-state index is 2.75. The Bertz CT molecular complexity index is 335. The number of rotatable bonds is 6. The molecule has 2 atom stereocenters. The molecule has 1 nitrogen and oxygen atoms in total. The molecule has 0 aliphatic carbocycles. The average molecular weight is 259 g/mol. The zero-order valence-electron chi connectivity index (χ0n) is 12.6. The third-order valence-electron chi connectivity index (χ3n) is 4.56. The third-order valence-corrected chi connectivity index (χ3v) is 4.56. The lowest BCUT2D eigenvalue weighted by molar-refractivity contribution is 0.109. The van der Waals surface area contributed by atoms with E-state index in [-0.39, 0.29) is 0 Å². The lowest BCUT2D eigenvalue weighted by Crippen LogP contribution is -2.37. The fraction of sp³-hybridized carbons (Fsp3) is 0.667. The molecule has 0 radical (unpaired) electrons. The van der Waals surface area contributed by atoms with Crippen LogP contribution in [0.2, 0.25) is 0 Å². The van der Waals surface area contributed by atoms with Crippen LogP contribution in [0.25, 0.3) is 0 Å². The summed E-state index contributed by atoms with van der Waals surface area (Å²) in [7, 11) is 0. The Hall–Kier alpha value is -0.820. The molecule has 1 heteroatoms. The number of benzene rings is 1. The van der Waals surface area contributed by atoms with E-state index in [0.717, 1.165) is 5.92 Å². The highest BCUT2D eigenvalue weighted by Gasteiger charge is 2.28. The Morgan fingerprint density at radius 1 is 1.00 bits per heavy atom. The summed E-state index contributed by atoms with van der Waals surface area (Å²) in [5.41, 5.74) is 1.53. The van der Waals surface area contributed by atoms with Crippen LogP contribution in [0.3, 0.4) is 0 Å². The summed E-state index contributed by atoms with van der Waals surface area (Å²) in [5, 5.41) is 0. The summed E-state index contributed by atoms with van der Waals surface area (Å²) >= 11 is 0. The molecule has 19 heavy (non-hydrogen) atoms. The smallest absolute Gasteiger partial charge is 0.0376 e. The van der Waals surface area contributed by atoms with Gasteiger partial charge in [-0.15, -0.1) is 0 Å². The summed E-state index contributed by atoms with van der Waals surface area (Å²) < 4.78 is 0. The van der Waals surface area contributed by atoms with Crippen molar-refractivity contribution < 1.29 is 0 Å². The maximum absolute atomic E-state index is 2.75. The van der Waals surface area contributed by atoms with Gasteiger partial charge in [0.05, 0.1) is 0 Å². The van der Waals surface area contributed by atoms with Gasteiger partial charge in [-0.05, 0) is 43.8 Å². The Kier molecular flexibility index (Phi) is 5.91. The van der Waals surface area contributed by atoms with Gasteiger partial charge in [0, 0.05) is 6.04 Å². The standard InChI is InChI=1S/C18H29N/c1-3-11-16(4-2)18(17-12-7-5-8-13-17)19-14-9-6-10-15-19/h5,7-8,12-13,16,18H,3-4,6,9-11,14-15H2,1-2H3. The monoisotopic (exact) mass is 259 g/mol. The van der Waals surface area contributed by atoms with E-state index in [2.05, 4.69) is 49.1 Å². The molecule has 0 amide bonds. The molecule has 0 bridgehead atoms. The number of likely N-dealkylation sites (tertiary alicyclic amines) is 1. The van der Waals surface area contributed by atoms with Crippen molar-refractivity contribution >= 4 is 0 Å². The van der Waals surface area contributed by atoms with E-state index in [9.17, 15) is 0 Å². The lowest BCUT2D eigenvalue weighted by atomic mass is 9.85. The van der Waals surface area contributed by atoms with Crippen LogP contribution in [0.15, 0.2) is 30.3 Å². The van der Waals surface area contributed by atoms with Crippen LogP contribution in [-0.4, -0.2) is 18.0 Å². The van der Waals surface area contributed by atoms with Gasteiger partial charge in [0.1, 0.15) is 0 Å². The number of hydrogen-bond donors (Lipinski definition) is 0. The van der Waals surface area contributed by atoms with E-state index in [0.29, 0.717) is 6.04 Å². The molecule has 0 spiro atoms. The maximum Gasteiger partial charge on any atom is 0.0376 e. The molecular weight excluding hydrogens is 230 g/mol. The van der Waals surface area contributed by atoms with Gasteiger partial charge in [-0.25, -0.2) is 0 Å². The first-order valence-corrected chi connectivity index (χ1v) is 8.15. The molecule has 1 aliphatic rings. The van der Waals surface area contributed by atoms with E-state index >= 15 is 0 Å². The van der Waals surface area contributed by atoms with Crippen molar-refractivity contribution in [2.24, 2.45) is 5.92 Å². The van der Waals surface area contributed by atoms with Crippen LogP contribution in [0.1, 0.15) is 64.0 Å². The number of piperidine rings is 1. The predicted molar refractivity (Wildman–Crippen MR) is 83.3 cm³/mol. The second-order valence-corrected chi connectivity index (χ2v) is 5.91. The van der Waals surface area contributed by atoms with Gasteiger partial charge < -0.3 is 0 Å². The summed E-state index contributed by atoms with van der Waals surface area (Å²) in [5.74, 6) is 0.811. The number of nitrogens with zero attached hydrogens (tertiary/aromatic N) is 1. The molecule has 1 aromatic rings. The van der Waals surface area contributed by atoms with Gasteiger partial charge >= 0.3 is 0 Å². The van der Waals surface area contributed by atoms with Gasteiger partial charge in [0.2, 0.25) is 0 Å². The second-order valence-electron chi connectivity index (χ2n) is 5.91. The SMILES string of the molecule is CCCC(CC)C(c1ccccc1)N1CCCCC1. The van der Waals surface area contributed by atoms with Gasteiger partial charge in [0.15, 0.2) is 0 Å². The Morgan fingerprint density at radius 3 is 2.26 bits per heavy atom. The normalized spacial score (nSPS) is 20.1. The fourth-order valence-corrected chi connectivity index (χ4v) is 3.58. The number of hydrogen-bond acceptors (Lipinski definition) is 1. The van der Waals surface area contributed by atoms with Gasteiger partial charge in [-0.1, -0.05) is 63.4 Å². The quantitative estimate of drug-likeness (QED) is 0.692. The summed E-state index contributed by atoms with van der Waals surface area (Å²) in [6.45, 7) is 7.26. The molecule has 1 heterocycles. The first-order valence-electron chi connectivity index (χ1n) is 8.15. The Balaban J connectivity index is 2.21. The zero-order chi connectivity index (χ0) is 13.5. The van der Waals surface area contributed by atoms with E-state index < -0.39 is 0 Å². The molecule has 0 saturated carbocycles. The largest absolute Gasteiger partial charge is 0.296 e. The van der Waals surface area contributed by atoms with Crippen LogP contribution >= 0.6 is 0 Å². The van der Waals surface area contributed by atoms with Gasteiger partial charge in [0.25, 0.3) is 0 Å². The van der Waals surface area contributed by atoms with Crippen LogP contribution in [0.4, 0.5) is 0 Å². The summed E-state index contributed by atoms with van der Waals surface area (Å²) in [6.07, 6.45) is 8.13. The van der Waals surface area contributed by atoms with Crippen molar-refractivity contribution in [2.45, 2.75) is 58.4 Å². The minimum atomic E-state index is 0.645. The summed E-state index contributed by atoms with van der Waals surface area (Å²) in [4.78, 5) is 2.75. The van der Waals surface area contributed by atoms with Crippen molar-refractivity contribution in [1.29, 1.82) is 0 Å². The lowest BCUT2D eigenvalue weighted by Gasteiger charge is -2.39. The molecule has 0 N–H and O–H groups in total. The summed E-state index contributed by atoms with van der Waals surface area (Å²) in [6, 6.07) is 11.8. The molecule has 106 valence electrons. The Labute approximate surface area is 119 Å². The molecule has 2 rings (SSSR count). The molecule has 1 aromatic carbocycles. The average Bonchev–Trinajstić information content (AvgIpc) is 2.49. The second kappa shape index (κ2) is 7.69. The molecule has 1 saturated heterocycles. The first-order chi connectivity index (χ1) is 9.36. The van der Waals surface area contributed by atoms with Crippen molar-refractivity contribution in [1.82, 2.24) is 4.90 Å². The fourth-order valence-electron chi connectivity index (χ4n) is 3.58. The van der Waals surface area contributed by atoms with Gasteiger partial charge in [-0.3, -0.25) is 4.90 Å². The highest BCUT2D eigenvalue weighted by molar-refractivity contribution is 5.20. The molecular formula is C18H29N. The van der Waals surface area contributed by atoms with E-state index in [1.807, 2.05) is 0 Å². The van der Waals surface area contributed by atoms with Crippen molar-refractivity contribution in [3.63, 3.8) is 0 Å². The first kappa shape index (κ1) is 14.6. The van der Waals surface area contributed by atoms with Crippen molar-refractivity contribution in [3.8, 4) is 0 Å². The van der Waals surface area contributed by atoms with E-state index in [1.165, 1.54) is 57.2 Å².